The minimum Gasteiger partial charge on any atom is -0.369 e. The first-order valence-corrected chi connectivity index (χ1v) is 8.51. The summed E-state index contributed by atoms with van der Waals surface area (Å²) < 4.78 is 1.67. The van der Waals surface area contributed by atoms with Crippen LogP contribution in [-0.4, -0.2) is 49.0 Å². The van der Waals surface area contributed by atoms with Gasteiger partial charge in [-0.25, -0.2) is 4.68 Å². The molecule has 4 rings (SSSR count). The van der Waals surface area contributed by atoms with E-state index in [2.05, 4.69) is 32.8 Å². The molecule has 0 spiro atoms. The predicted octanol–water partition coefficient (Wildman–Crippen LogP) is 0.731. The first kappa shape index (κ1) is 14.7. The molecule has 0 radical (unpaired) electrons. The van der Waals surface area contributed by atoms with Crippen LogP contribution < -0.4 is 21.1 Å². The molecule has 2 N–H and O–H groups in total. The molecule has 1 unspecified atom stereocenters. The smallest absolute Gasteiger partial charge is 0.274 e. The van der Waals surface area contributed by atoms with E-state index in [0.29, 0.717) is 0 Å². The number of rotatable bonds is 2. The maximum absolute atomic E-state index is 12.8. The van der Waals surface area contributed by atoms with E-state index in [1.165, 1.54) is 5.69 Å². The molecule has 6 nitrogen and oxygen atoms in total. The van der Waals surface area contributed by atoms with Crippen molar-refractivity contribution in [1.82, 2.24) is 20.4 Å². The highest BCUT2D eigenvalue weighted by Gasteiger charge is 2.18. The molecule has 0 saturated carbocycles. The fourth-order valence-electron chi connectivity index (χ4n) is 3.57. The zero-order chi connectivity index (χ0) is 15.6. The van der Waals surface area contributed by atoms with Crippen molar-refractivity contribution in [3.63, 3.8) is 0 Å². The number of hydrogen-bond acceptors (Lipinski definition) is 5. The van der Waals surface area contributed by atoms with Crippen molar-refractivity contribution in [2.24, 2.45) is 0 Å². The Labute approximate surface area is 135 Å². The Balaban J connectivity index is 1.69. The SMILES string of the molecule is O=c1c2ccc(N3CCNCC3)cc2cnn1C1CCCNC1. The number of hydrogen-bond donors (Lipinski definition) is 2. The van der Waals surface area contributed by atoms with Crippen LogP contribution in [0, 0.1) is 0 Å². The topological polar surface area (TPSA) is 62.2 Å². The van der Waals surface area contributed by atoms with E-state index in [0.717, 1.165) is 62.9 Å². The lowest BCUT2D eigenvalue weighted by molar-refractivity contribution is 0.337. The van der Waals surface area contributed by atoms with Crippen molar-refractivity contribution in [1.29, 1.82) is 0 Å². The van der Waals surface area contributed by atoms with Gasteiger partial charge in [-0.3, -0.25) is 4.79 Å². The molecular weight excluding hydrogens is 290 g/mol. The van der Waals surface area contributed by atoms with Crippen molar-refractivity contribution in [2.75, 3.05) is 44.2 Å². The first-order chi connectivity index (χ1) is 11.3. The highest BCUT2D eigenvalue weighted by molar-refractivity contribution is 5.84. The molecule has 2 aliphatic rings. The number of aromatic nitrogens is 2. The van der Waals surface area contributed by atoms with Crippen LogP contribution in [0.5, 0.6) is 0 Å². The minimum absolute atomic E-state index is 0.0306. The molecule has 0 bridgehead atoms. The Kier molecular flexibility index (Phi) is 4.01. The summed E-state index contributed by atoms with van der Waals surface area (Å²) in [5.74, 6) is 0. The second-order valence-electron chi connectivity index (χ2n) is 6.40. The van der Waals surface area contributed by atoms with E-state index in [4.69, 9.17) is 0 Å². The number of piperidine rings is 1. The molecule has 2 aromatic rings. The molecule has 1 atom stereocenters. The molecule has 1 aromatic carbocycles. The summed E-state index contributed by atoms with van der Waals surface area (Å²) in [7, 11) is 0. The van der Waals surface area contributed by atoms with Crippen LogP contribution in [0.3, 0.4) is 0 Å². The minimum atomic E-state index is 0.0306. The van der Waals surface area contributed by atoms with Gasteiger partial charge in [0.1, 0.15) is 0 Å². The zero-order valence-corrected chi connectivity index (χ0v) is 13.3. The van der Waals surface area contributed by atoms with E-state index in [9.17, 15) is 4.79 Å². The number of benzene rings is 1. The number of anilines is 1. The van der Waals surface area contributed by atoms with Crippen LogP contribution in [0.1, 0.15) is 18.9 Å². The molecule has 0 amide bonds. The van der Waals surface area contributed by atoms with E-state index in [1.54, 1.807) is 4.68 Å². The Hall–Kier alpha value is -1.92. The van der Waals surface area contributed by atoms with Crippen LogP contribution in [0.4, 0.5) is 5.69 Å². The molecule has 6 heteroatoms. The van der Waals surface area contributed by atoms with E-state index < -0.39 is 0 Å². The molecule has 122 valence electrons. The van der Waals surface area contributed by atoms with Crippen molar-refractivity contribution in [3.8, 4) is 0 Å². The molecule has 3 heterocycles. The van der Waals surface area contributed by atoms with Crippen LogP contribution in [0.15, 0.2) is 29.2 Å². The quantitative estimate of drug-likeness (QED) is 0.856. The highest BCUT2D eigenvalue weighted by Crippen LogP contribution is 2.21. The van der Waals surface area contributed by atoms with Crippen LogP contribution >= 0.6 is 0 Å². The molecule has 2 saturated heterocycles. The normalized spacial score (nSPS) is 22.4. The van der Waals surface area contributed by atoms with Crippen LogP contribution in [-0.2, 0) is 0 Å². The zero-order valence-electron chi connectivity index (χ0n) is 13.3. The number of nitrogens with zero attached hydrogens (tertiary/aromatic N) is 3. The monoisotopic (exact) mass is 313 g/mol. The Morgan fingerprint density at radius 1 is 1.13 bits per heavy atom. The Bertz CT molecular complexity index is 744. The predicted molar refractivity (Wildman–Crippen MR) is 92.2 cm³/mol. The Morgan fingerprint density at radius 2 is 2.00 bits per heavy atom. The molecule has 23 heavy (non-hydrogen) atoms. The third-order valence-corrected chi connectivity index (χ3v) is 4.89. The second-order valence-corrected chi connectivity index (χ2v) is 6.40. The van der Waals surface area contributed by atoms with Gasteiger partial charge in [0.2, 0.25) is 0 Å². The van der Waals surface area contributed by atoms with Crippen molar-refractivity contribution < 1.29 is 0 Å². The van der Waals surface area contributed by atoms with Crippen LogP contribution in [0.2, 0.25) is 0 Å². The lowest BCUT2D eigenvalue weighted by Crippen LogP contribution is -2.43. The van der Waals surface area contributed by atoms with Gasteiger partial charge in [0.15, 0.2) is 0 Å². The summed E-state index contributed by atoms with van der Waals surface area (Å²) >= 11 is 0. The average molecular weight is 313 g/mol. The van der Waals surface area contributed by atoms with Crippen molar-refractivity contribution in [3.05, 3.63) is 34.7 Å². The molecule has 0 aliphatic carbocycles. The standard InChI is InChI=1S/C17H23N5O/c23-17-16-4-3-14(21-8-6-18-7-9-21)10-13(16)11-20-22(17)15-2-1-5-19-12-15/h3-4,10-11,15,18-19H,1-2,5-9,12H2. The fraction of sp³-hybridized carbons (Fsp3) is 0.529. The third-order valence-electron chi connectivity index (χ3n) is 4.89. The summed E-state index contributed by atoms with van der Waals surface area (Å²) in [5, 5.41) is 12.9. The lowest BCUT2D eigenvalue weighted by atomic mass is 10.1. The largest absolute Gasteiger partial charge is 0.369 e. The van der Waals surface area contributed by atoms with Gasteiger partial charge in [0, 0.05) is 43.8 Å². The second kappa shape index (κ2) is 6.29. The van der Waals surface area contributed by atoms with Gasteiger partial charge >= 0.3 is 0 Å². The van der Waals surface area contributed by atoms with E-state index in [-0.39, 0.29) is 11.6 Å². The van der Waals surface area contributed by atoms with Crippen LogP contribution in [0.25, 0.3) is 10.8 Å². The molecule has 2 fully saturated rings. The van der Waals surface area contributed by atoms with Gasteiger partial charge in [0.25, 0.3) is 5.56 Å². The molecule has 2 aliphatic heterocycles. The molecule has 1 aromatic heterocycles. The highest BCUT2D eigenvalue weighted by atomic mass is 16.1. The number of nitrogens with one attached hydrogen (secondary N) is 2. The number of fused-ring (bicyclic) bond motifs is 1. The maximum Gasteiger partial charge on any atom is 0.274 e. The average Bonchev–Trinajstić information content (AvgIpc) is 2.63. The Morgan fingerprint density at radius 3 is 2.78 bits per heavy atom. The summed E-state index contributed by atoms with van der Waals surface area (Å²) in [6.45, 7) is 5.89. The lowest BCUT2D eigenvalue weighted by Gasteiger charge is -2.29. The summed E-state index contributed by atoms with van der Waals surface area (Å²) in [6, 6.07) is 6.30. The van der Waals surface area contributed by atoms with Gasteiger partial charge < -0.3 is 15.5 Å². The first-order valence-electron chi connectivity index (χ1n) is 8.51. The van der Waals surface area contributed by atoms with Gasteiger partial charge in [-0.15, -0.1) is 0 Å². The summed E-state index contributed by atoms with van der Waals surface area (Å²) in [5.41, 5.74) is 1.21. The van der Waals surface area contributed by atoms with E-state index in [1.807, 2.05) is 12.3 Å². The van der Waals surface area contributed by atoms with Gasteiger partial charge in [-0.2, -0.15) is 5.10 Å². The third kappa shape index (κ3) is 2.84. The van der Waals surface area contributed by atoms with Gasteiger partial charge in [-0.05, 0) is 37.6 Å². The summed E-state index contributed by atoms with van der Waals surface area (Å²) in [6.07, 6.45) is 3.96. The van der Waals surface area contributed by atoms with Gasteiger partial charge in [0.05, 0.1) is 17.6 Å². The fourth-order valence-corrected chi connectivity index (χ4v) is 3.57. The molecular formula is C17H23N5O. The summed E-state index contributed by atoms with van der Waals surface area (Å²) in [4.78, 5) is 15.1. The van der Waals surface area contributed by atoms with Crippen molar-refractivity contribution >= 4 is 16.5 Å². The maximum atomic E-state index is 12.8. The van der Waals surface area contributed by atoms with E-state index >= 15 is 0 Å². The van der Waals surface area contributed by atoms with Crippen molar-refractivity contribution in [2.45, 2.75) is 18.9 Å². The number of piperazine rings is 1. The van der Waals surface area contributed by atoms with Gasteiger partial charge in [-0.1, -0.05) is 0 Å².